The van der Waals surface area contributed by atoms with Crippen molar-refractivity contribution in [2.24, 2.45) is 0 Å². The van der Waals surface area contributed by atoms with E-state index in [2.05, 4.69) is 15.0 Å². The molecule has 0 N–H and O–H groups in total. The topological polar surface area (TPSA) is 25.8 Å². The van der Waals surface area contributed by atoms with E-state index in [-0.39, 0.29) is 0 Å². The maximum atomic E-state index is 4.01. The van der Waals surface area contributed by atoms with Crippen LogP contribution in [0, 0.1) is 0 Å². The van der Waals surface area contributed by atoms with Gasteiger partial charge in [0.15, 0.2) is 0 Å². The Kier molecular flexibility index (Phi) is 1.23. The first-order valence-electron chi connectivity index (χ1n) is 3.24. The van der Waals surface area contributed by atoms with Gasteiger partial charge in [0.25, 0.3) is 0 Å². The van der Waals surface area contributed by atoms with Crippen molar-refractivity contribution in [2.45, 2.75) is 25.2 Å². The standard InChI is InChI=1S/C6H8N2S/c1-2-5(3-1)6-4-9-8-7-6/h4-5H,1-3H2. The highest BCUT2D eigenvalue weighted by molar-refractivity contribution is 7.03. The molecule has 1 aliphatic carbocycles. The van der Waals surface area contributed by atoms with E-state index in [1.165, 1.54) is 36.5 Å². The molecule has 1 aromatic rings. The Morgan fingerprint density at radius 1 is 1.56 bits per heavy atom. The molecule has 1 aromatic heterocycles. The lowest BCUT2D eigenvalue weighted by atomic mass is 9.84. The predicted octanol–water partition coefficient (Wildman–Crippen LogP) is 1.81. The van der Waals surface area contributed by atoms with Gasteiger partial charge >= 0.3 is 0 Å². The molecule has 9 heavy (non-hydrogen) atoms. The Hall–Kier alpha value is -0.440. The highest BCUT2D eigenvalue weighted by Gasteiger charge is 2.21. The second-order valence-electron chi connectivity index (χ2n) is 2.46. The zero-order chi connectivity index (χ0) is 6.10. The van der Waals surface area contributed by atoms with Crippen LogP contribution in [0.2, 0.25) is 0 Å². The number of hydrogen-bond acceptors (Lipinski definition) is 3. The Morgan fingerprint density at radius 3 is 2.89 bits per heavy atom. The van der Waals surface area contributed by atoms with E-state index in [0.29, 0.717) is 0 Å². The van der Waals surface area contributed by atoms with Crippen molar-refractivity contribution in [3.63, 3.8) is 0 Å². The average Bonchev–Trinajstić information content (AvgIpc) is 2.11. The third kappa shape index (κ3) is 0.852. The smallest absolute Gasteiger partial charge is 0.0786 e. The van der Waals surface area contributed by atoms with E-state index < -0.39 is 0 Å². The zero-order valence-corrected chi connectivity index (χ0v) is 5.90. The van der Waals surface area contributed by atoms with E-state index >= 15 is 0 Å². The van der Waals surface area contributed by atoms with Crippen molar-refractivity contribution in [3.05, 3.63) is 11.1 Å². The fourth-order valence-corrected chi connectivity index (χ4v) is 1.59. The molecular formula is C6H8N2S. The molecule has 2 rings (SSSR count). The van der Waals surface area contributed by atoms with Crippen molar-refractivity contribution in [3.8, 4) is 0 Å². The van der Waals surface area contributed by atoms with Gasteiger partial charge in [-0.2, -0.15) is 0 Å². The fraction of sp³-hybridized carbons (Fsp3) is 0.667. The molecule has 0 aliphatic heterocycles. The van der Waals surface area contributed by atoms with E-state index in [1.54, 1.807) is 0 Å². The number of rotatable bonds is 1. The van der Waals surface area contributed by atoms with Crippen LogP contribution >= 0.6 is 11.5 Å². The second-order valence-corrected chi connectivity index (χ2v) is 3.07. The molecule has 1 fully saturated rings. The highest BCUT2D eigenvalue weighted by atomic mass is 32.1. The quantitative estimate of drug-likeness (QED) is 0.594. The first kappa shape index (κ1) is 5.35. The summed E-state index contributed by atoms with van der Waals surface area (Å²) in [5.41, 5.74) is 1.21. The van der Waals surface area contributed by atoms with Gasteiger partial charge in [-0.15, -0.1) is 5.10 Å². The Labute approximate surface area is 58.1 Å². The summed E-state index contributed by atoms with van der Waals surface area (Å²) in [5.74, 6) is 0.753. The fourth-order valence-electron chi connectivity index (χ4n) is 1.05. The van der Waals surface area contributed by atoms with Crippen LogP contribution in [0.1, 0.15) is 30.9 Å². The van der Waals surface area contributed by atoms with Gasteiger partial charge in [-0.3, -0.25) is 0 Å². The van der Waals surface area contributed by atoms with Gasteiger partial charge in [-0.25, -0.2) is 0 Å². The van der Waals surface area contributed by atoms with Gasteiger partial charge in [0.2, 0.25) is 0 Å². The minimum Gasteiger partial charge on any atom is -0.143 e. The Balaban J connectivity index is 2.14. The largest absolute Gasteiger partial charge is 0.143 e. The molecule has 48 valence electrons. The van der Waals surface area contributed by atoms with Gasteiger partial charge in [0, 0.05) is 11.3 Å². The van der Waals surface area contributed by atoms with E-state index in [9.17, 15) is 0 Å². The molecule has 0 bridgehead atoms. The lowest BCUT2D eigenvalue weighted by Gasteiger charge is -2.22. The molecule has 0 aromatic carbocycles. The summed E-state index contributed by atoms with van der Waals surface area (Å²) < 4.78 is 3.82. The van der Waals surface area contributed by atoms with Crippen LogP contribution in [-0.4, -0.2) is 9.59 Å². The Morgan fingerprint density at radius 2 is 2.44 bits per heavy atom. The predicted molar refractivity (Wildman–Crippen MR) is 36.5 cm³/mol. The van der Waals surface area contributed by atoms with Crippen molar-refractivity contribution < 1.29 is 0 Å². The summed E-state index contributed by atoms with van der Waals surface area (Å²) in [6, 6.07) is 0. The van der Waals surface area contributed by atoms with Gasteiger partial charge < -0.3 is 0 Å². The molecule has 0 unspecified atom stereocenters. The van der Waals surface area contributed by atoms with Gasteiger partial charge in [0.05, 0.1) is 5.69 Å². The zero-order valence-electron chi connectivity index (χ0n) is 5.08. The van der Waals surface area contributed by atoms with Crippen LogP contribution in [0.3, 0.4) is 0 Å². The minimum atomic E-state index is 0.753. The van der Waals surface area contributed by atoms with Gasteiger partial charge in [-0.05, 0) is 24.4 Å². The highest BCUT2D eigenvalue weighted by Crippen LogP contribution is 2.35. The molecule has 0 atom stereocenters. The van der Waals surface area contributed by atoms with Crippen molar-refractivity contribution in [2.75, 3.05) is 0 Å². The van der Waals surface area contributed by atoms with Crippen molar-refractivity contribution >= 4 is 11.5 Å². The normalized spacial score (nSPS) is 19.6. The van der Waals surface area contributed by atoms with E-state index in [0.717, 1.165) is 5.92 Å². The third-order valence-electron chi connectivity index (χ3n) is 1.90. The summed E-state index contributed by atoms with van der Waals surface area (Å²) in [5, 5.41) is 6.07. The maximum Gasteiger partial charge on any atom is 0.0786 e. The molecule has 1 aliphatic rings. The molecule has 3 heteroatoms. The minimum absolute atomic E-state index is 0.753. The summed E-state index contributed by atoms with van der Waals surface area (Å²) >= 11 is 1.46. The van der Waals surface area contributed by atoms with Crippen LogP contribution in [0.25, 0.3) is 0 Å². The molecule has 0 radical (unpaired) electrons. The van der Waals surface area contributed by atoms with Gasteiger partial charge in [0.1, 0.15) is 0 Å². The molecule has 1 saturated carbocycles. The number of nitrogens with zero attached hydrogens (tertiary/aromatic N) is 2. The summed E-state index contributed by atoms with van der Waals surface area (Å²) in [4.78, 5) is 0. The monoisotopic (exact) mass is 140 g/mol. The van der Waals surface area contributed by atoms with E-state index in [4.69, 9.17) is 0 Å². The number of hydrogen-bond donors (Lipinski definition) is 0. The molecule has 0 saturated heterocycles. The van der Waals surface area contributed by atoms with Crippen LogP contribution in [-0.2, 0) is 0 Å². The maximum absolute atomic E-state index is 4.01. The molecule has 0 amide bonds. The lowest BCUT2D eigenvalue weighted by Crippen LogP contribution is -2.08. The summed E-state index contributed by atoms with van der Waals surface area (Å²) in [7, 11) is 0. The lowest BCUT2D eigenvalue weighted by molar-refractivity contribution is 0.410. The van der Waals surface area contributed by atoms with Crippen LogP contribution in [0.5, 0.6) is 0 Å². The molecule has 2 nitrogen and oxygen atoms in total. The first-order valence-corrected chi connectivity index (χ1v) is 4.07. The van der Waals surface area contributed by atoms with Crippen LogP contribution in [0.4, 0.5) is 0 Å². The summed E-state index contributed by atoms with van der Waals surface area (Å²) in [6.07, 6.45) is 4.03. The number of aromatic nitrogens is 2. The summed E-state index contributed by atoms with van der Waals surface area (Å²) in [6.45, 7) is 0. The van der Waals surface area contributed by atoms with Crippen molar-refractivity contribution in [1.82, 2.24) is 9.59 Å². The van der Waals surface area contributed by atoms with E-state index in [1.807, 2.05) is 0 Å². The average molecular weight is 140 g/mol. The SMILES string of the molecule is c1snnc1C1CCC1. The third-order valence-corrected chi connectivity index (χ3v) is 2.42. The molecular weight excluding hydrogens is 132 g/mol. The van der Waals surface area contributed by atoms with Crippen molar-refractivity contribution in [1.29, 1.82) is 0 Å². The molecule has 1 heterocycles. The second kappa shape index (κ2) is 2.06. The van der Waals surface area contributed by atoms with Gasteiger partial charge in [-0.1, -0.05) is 10.9 Å². The molecule has 0 spiro atoms. The van der Waals surface area contributed by atoms with Crippen LogP contribution < -0.4 is 0 Å². The first-order chi connectivity index (χ1) is 4.47. The van der Waals surface area contributed by atoms with Crippen LogP contribution in [0.15, 0.2) is 5.38 Å². The Bertz CT molecular complexity index is 179.